The van der Waals surface area contributed by atoms with Crippen molar-refractivity contribution < 1.29 is 9.62 Å². The molecule has 0 radical (unpaired) electrons. The first kappa shape index (κ1) is 17.2. The Kier molecular flexibility index (Phi) is 4.76. The predicted octanol–water partition coefficient (Wildman–Crippen LogP) is 5.40. The fourth-order valence-electron chi connectivity index (χ4n) is 3.23. The van der Waals surface area contributed by atoms with Gasteiger partial charge in [0.25, 0.3) is 0 Å². The number of aliphatic imine (C=N–C) groups is 1. The number of hydrogen-bond donors (Lipinski definition) is 2. The molecule has 0 amide bonds. The molecule has 7 heteroatoms. The first-order valence-corrected chi connectivity index (χ1v) is 9.13. The van der Waals surface area contributed by atoms with E-state index in [0.29, 0.717) is 21.3 Å². The molecule has 2 aromatic carbocycles. The van der Waals surface area contributed by atoms with E-state index in [4.69, 9.17) is 27.6 Å². The summed E-state index contributed by atoms with van der Waals surface area (Å²) in [5.41, 5.74) is 4.37. The number of furan rings is 1. The zero-order chi connectivity index (χ0) is 18.1. The molecule has 134 valence electrons. The van der Waals surface area contributed by atoms with Crippen LogP contribution in [0.25, 0.3) is 11.0 Å². The van der Waals surface area contributed by atoms with E-state index in [0.717, 1.165) is 37.0 Å². The number of benzene rings is 2. The summed E-state index contributed by atoms with van der Waals surface area (Å²) in [5, 5.41) is 11.3. The molecule has 0 atom stereocenters. The minimum Gasteiger partial charge on any atom is -0.449 e. The van der Waals surface area contributed by atoms with Gasteiger partial charge in [0.2, 0.25) is 0 Å². The summed E-state index contributed by atoms with van der Waals surface area (Å²) in [6.07, 6.45) is 2.33. The molecule has 4 rings (SSSR count). The summed E-state index contributed by atoms with van der Waals surface area (Å²) in [4.78, 5) is 6.65. The predicted molar refractivity (Wildman–Crippen MR) is 105 cm³/mol. The lowest BCUT2D eigenvalue weighted by Crippen LogP contribution is -2.19. The number of nitrogens with zero attached hydrogens (tertiary/aromatic N) is 2. The molecular weight excluding hydrogens is 373 g/mol. The Morgan fingerprint density at radius 2 is 1.88 bits per heavy atom. The van der Waals surface area contributed by atoms with Gasteiger partial charge in [-0.2, -0.15) is 0 Å². The molecule has 0 saturated carbocycles. The zero-order valence-corrected chi connectivity index (χ0v) is 15.4. The normalized spacial score (nSPS) is 15.0. The van der Waals surface area contributed by atoms with Gasteiger partial charge in [-0.15, -0.1) is 0 Å². The number of amidine groups is 1. The first-order valence-electron chi connectivity index (χ1n) is 8.38. The Morgan fingerprint density at radius 3 is 2.62 bits per heavy atom. The van der Waals surface area contributed by atoms with Crippen LogP contribution in [0.15, 0.2) is 51.9 Å². The first-order chi connectivity index (χ1) is 12.7. The van der Waals surface area contributed by atoms with Crippen molar-refractivity contribution in [2.75, 3.05) is 18.0 Å². The van der Waals surface area contributed by atoms with Crippen LogP contribution in [0.5, 0.6) is 0 Å². The van der Waals surface area contributed by atoms with E-state index < -0.39 is 0 Å². The van der Waals surface area contributed by atoms with E-state index in [1.54, 1.807) is 24.3 Å². The maximum atomic E-state index is 9.60. The van der Waals surface area contributed by atoms with E-state index in [-0.39, 0.29) is 11.6 Å². The number of rotatable bonds is 3. The number of halogens is 2. The molecule has 1 fully saturated rings. The van der Waals surface area contributed by atoms with Gasteiger partial charge in [0.05, 0.1) is 16.4 Å². The van der Waals surface area contributed by atoms with Crippen LogP contribution in [0.2, 0.25) is 10.0 Å². The molecule has 0 bridgehead atoms. The maximum Gasteiger partial charge on any atom is 0.195 e. The Balaban J connectivity index is 1.82. The van der Waals surface area contributed by atoms with Crippen LogP contribution >= 0.6 is 23.2 Å². The monoisotopic (exact) mass is 389 g/mol. The number of hydrogen-bond acceptors (Lipinski definition) is 4. The van der Waals surface area contributed by atoms with Crippen LogP contribution in [-0.2, 0) is 0 Å². The van der Waals surface area contributed by atoms with E-state index in [2.05, 4.69) is 15.4 Å². The number of nitrogens with one attached hydrogen (secondary N) is 1. The SMILES string of the molecule is ONC(=Nc1cccc(Cl)c1)c1oc2c(N3CCCC3)cccc2c1Cl. The summed E-state index contributed by atoms with van der Waals surface area (Å²) in [7, 11) is 0. The van der Waals surface area contributed by atoms with Gasteiger partial charge in [-0.3, -0.25) is 5.21 Å². The van der Waals surface area contributed by atoms with Crippen molar-refractivity contribution >= 4 is 51.4 Å². The van der Waals surface area contributed by atoms with Gasteiger partial charge in [-0.25, -0.2) is 10.5 Å². The smallest absolute Gasteiger partial charge is 0.195 e. The van der Waals surface area contributed by atoms with Crippen LogP contribution in [0.4, 0.5) is 11.4 Å². The minimum atomic E-state index is 0.126. The third-order valence-corrected chi connectivity index (χ3v) is 5.06. The van der Waals surface area contributed by atoms with Crippen molar-refractivity contribution in [1.29, 1.82) is 0 Å². The molecule has 5 nitrogen and oxygen atoms in total. The second kappa shape index (κ2) is 7.19. The van der Waals surface area contributed by atoms with Crippen LogP contribution in [0.3, 0.4) is 0 Å². The van der Waals surface area contributed by atoms with Crippen molar-refractivity contribution in [3.05, 3.63) is 58.3 Å². The fraction of sp³-hybridized carbons (Fsp3) is 0.211. The number of fused-ring (bicyclic) bond motifs is 1. The molecular formula is C19H17Cl2N3O2. The standard InChI is InChI=1S/C19H17Cl2N3O2/c20-12-5-3-6-13(11-12)22-19(23-25)18-16(21)14-7-4-8-15(17(14)26-18)24-9-1-2-10-24/h3-8,11,25H,1-2,9-10H2,(H,22,23). The van der Waals surface area contributed by atoms with E-state index >= 15 is 0 Å². The van der Waals surface area contributed by atoms with Crippen molar-refractivity contribution in [1.82, 2.24) is 5.48 Å². The summed E-state index contributed by atoms with van der Waals surface area (Å²) >= 11 is 12.5. The molecule has 2 N–H and O–H groups in total. The van der Waals surface area contributed by atoms with E-state index in [1.807, 2.05) is 18.2 Å². The molecule has 1 aliphatic heterocycles. The van der Waals surface area contributed by atoms with Gasteiger partial charge in [0.15, 0.2) is 17.2 Å². The highest BCUT2D eigenvalue weighted by molar-refractivity contribution is 6.39. The van der Waals surface area contributed by atoms with Gasteiger partial charge < -0.3 is 9.32 Å². The molecule has 1 aromatic heterocycles. The Bertz CT molecular complexity index is 978. The lowest BCUT2D eigenvalue weighted by molar-refractivity contribution is 0.233. The van der Waals surface area contributed by atoms with Gasteiger partial charge in [0.1, 0.15) is 0 Å². The highest BCUT2D eigenvalue weighted by Crippen LogP contribution is 2.37. The summed E-state index contributed by atoms with van der Waals surface area (Å²) in [5.74, 6) is 0.414. The van der Waals surface area contributed by atoms with Crippen molar-refractivity contribution in [3.63, 3.8) is 0 Å². The van der Waals surface area contributed by atoms with Gasteiger partial charge in [0, 0.05) is 23.5 Å². The van der Waals surface area contributed by atoms with Crippen LogP contribution in [0, 0.1) is 0 Å². The summed E-state index contributed by atoms with van der Waals surface area (Å²) in [6.45, 7) is 1.99. The van der Waals surface area contributed by atoms with Crippen LogP contribution in [-0.4, -0.2) is 24.1 Å². The van der Waals surface area contributed by atoms with Crippen LogP contribution in [0.1, 0.15) is 18.6 Å². The highest BCUT2D eigenvalue weighted by Gasteiger charge is 2.23. The molecule has 1 saturated heterocycles. The third-order valence-electron chi connectivity index (χ3n) is 4.45. The number of hydroxylamine groups is 1. The molecule has 0 spiro atoms. The summed E-state index contributed by atoms with van der Waals surface area (Å²) in [6, 6.07) is 12.9. The third kappa shape index (κ3) is 3.14. The molecule has 1 aliphatic rings. The van der Waals surface area contributed by atoms with E-state index in [1.165, 1.54) is 0 Å². The van der Waals surface area contributed by atoms with Crippen molar-refractivity contribution in [2.24, 2.45) is 4.99 Å². The van der Waals surface area contributed by atoms with E-state index in [9.17, 15) is 5.21 Å². The molecule has 3 aromatic rings. The maximum absolute atomic E-state index is 9.60. The van der Waals surface area contributed by atoms with Gasteiger partial charge in [-0.05, 0) is 43.2 Å². The Hall–Kier alpha value is -2.21. The quantitative estimate of drug-likeness (QED) is 0.357. The minimum absolute atomic E-state index is 0.126. The molecule has 2 heterocycles. The molecule has 0 aliphatic carbocycles. The van der Waals surface area contributed by atoms with Gasteiger partial charge in [-0.1, -0.05) is 35.3 Å². The number of anilines is 1. The van der Waals surface area contributed by atoms with Gasteiger partial charge >= 0.3 is 0 Å². The second-order valence-corrected chi connectivity index (χ2v) is 6.96. The lowest BCUT2D eigenvalue weighted by atomic mass is 10.2. The number of para-hydroxylation sites is 1. The molecule has 26 heavy (non-hydrogen) atoms. The summed E-state index contributed by atoms with van der Waals surface area (Å²) < 4.78 is 6.04. The van der Waals surface area contributed by atoms with Crippen LogP contribution < -0.4 is 10.4 Å². The Morgan fingerprint density at radius 1 is 1.12 bits per heavy atom. The average Bonchev–Trinajstić information content (AvgIpc) is 3.28. The zero-order valence-electron chi connectivity index (χ0n) is 13.9. The topological polar surface area (TPSA) is 61.0 Å². The largest absolute Gasteiger partial charge is 0.449 e. The Labute approximate surface area is 160 Å². The highest BCUT2D eigenvalue weighted by atomic mass is 35.5. The lowest BCUT2D eigenvalue weighted by Gasteiger charge is -2.17. The van der Waals surface area contributed by atoms with Crippen molar-refractivity contribution in [2.45, 2.75) is 12.8 Å². The average molecular weight is 390 g/mol. The second-order valence-electron chi connectivity index (χ2n) is 6.15. The fourth-order valence-corrected chi connectivity index (χ4v) is 3.70. The molecule has 0 unspecified atom stereocenters. The van der Waals surface area contributed by atoms with Crippen molar-refractivity contribution in [3.8, 4) is 0 Å².